The molecule has 0 saturated heterocycles. The first-order valence-electron chi connectivity index (χ1n) is 8.07. The number of carbonyl (C=O) groups excluding carboxylic acids is 2. The Morgan fingerprint density at radius 3 is 2.56 bits per heavy atom. The topological polar surface area (TPSA) is 67.4 Å². The Bertz CT molecular complexity index is 732. The van der Waals surface area contributed by atoms with Gasteiger partial charge in [0.15, 0.2) is 6.61 Å². The molecule has 2 rings (SSSR count). The lowest BCUT2D eigenvalue weighted by Gasteiger charge is -2.12. The zero-order chi connectivity index (χ0) is 18.2. The predicted molar refractivity (Wildman–Crippen MR) is 102 cm³/mol. The Morgan fingerprint density at radius 1 is 1.16 bits per heavy atom. The molecule has 0 spiro atoms. The number of nitrogens with one attached hydrogen (secondary N) is 2. The molecule has 6 heteroatoms. The number of amides is 2. The Hall–Kier alpha value is -2.34. The van der Waals surface area contributed by atoms with Gasteiger partial charge in [0, 0.05) is 21.8 Å². The number of anilines is 1. The minimum absolute atomic E-state index is 0.102. The quantitative estimate of drug-likeness (QED) is 0.732. The zero-order valence-electron chi connectivity index (χ0n) is 14.2. The molecule has 5 nitrogen and oxygen atoms in total. The van der Waals surface area contributed by atoms with Gasteiger partial charge < -0.3 is 15.4 Å². The fraction of sp³-hybridized carbons (Fsp3) is 0.263. The summed E-state index contributed by atoms with van der Waals surface area (Å²) in [5.41, 5.74) is 1.06. The van der Waals surface area contributed by atoms with E-state index in [2.05, 4.69) is 26.6 Å². The van der Waals surface area contributed by atoms with Crippen molar-refractivity contribution in [2.75, 3.05) is 11.9 Å². The average molecular weight is 405 g/mol. The number of ether oxygens (including phenoxy) is 1. The maximum Gasteiger partial charge on any atom is 0.262 e. The van der Waals surface area contributed by atoms with Crippen molar-refractivity contribution in [2.45, 2.75) is 26.3 Å². The molecule has 0 saturated carbocycles. The fourth-order valence-electron chi connectivity index (χ4n) is 2.02. The van der Waals surface area contributed by atoms with Crippen LogP contribution in [0.1, 0.15) is 30.6 Å². The summed E-state index contributed by atoms with van der Waals surface area (Å²) >= 11 is 3.34. The van der Waals surface area contributed by atoms with Crippen molar-refractivity contribution in [1.82, 2.24) is 5.32 Å². The molecule has 0 heterocycles. The molecule has 0 aliphatic carbocycles. The van der Waals surface area contributed by atoms with Crippen molar-refractivity contribution < 1.29 is 14.3 Å². The molecular formula is C19H21BrN2O3. The van der Waals surface area contributed by atoms with Crippen LogP contribution in [0.5, 0.6) is 5.75 Å². The lowest BCUT2D eigenvalue weighted by molar-refractivity contribution is -0.118. The maximum absolute atomic E-state index is 12.1. The largest absolute Gasteiger partial charge is 0.484 e. The third-order valence-corrected chi connectivity index (χ3v) is 4.11. The zero-order valence-corrected chi connectivity index (χ0v) is 15.8. The van der Waals surface area contributed by atoms with Crippen LogP contribution in [0.25, 0.3) is 0 Å². The van der Waals surface area contributed by atoms with Crippen LogP contribution in [0, 0.1) is 0 Å². The van der Waals surface area contributed by atoms with Crippen LogP contribution in [0.4, 0.5) is 5.69 Å². The van der Waals surface area contributed by atoms with E-state index in [0.717, 1.165) is 10.9 Å². The van der Waals surface area contributed by atoms with Crippen LogP contribution in [0.15, 0.2) is 53.0 Å². The molecule has 0 aromatic heterocycles. The number of benzene rings is 2. The van der Waals surface area contributed by atoms with Crippen molar-refractivity contribution in [2.24, 2.45) is 0 Å². The van der Waals surface area contributed by atoms with Gasteiger partial charge in [-0.15, -0.1) is 0 Å². The van der Waals surface area contributed by atoms with Gasteiger partial charge in [-0.2, -0.15) is 0 Å². The molecule has 2 aromatic rings. The highest BCUT2D eigenvalue weighted by Gasteiger charge is 2.10. The molecule has 2 N–H and O–H groups in total. The van der Waals surface area contributed by atoms with Crippen LogP contribution >= 0.6 is 15.9 Å². The van der Waals surface area contributed by atoms with Crippen LogP contribution in [-0.2, 0) is 4.79 Å². The lowest BCUT2D eigenvalue weighted by Crippen LogP contribution is -2.32. The lowest BCUT2D eigenvalue weighted by atomic mass is 10.1. The number of halogens is 1. The molecule has 2 aromatic carbocycles. The minimum atomic E-state index is -0.289. The summed E-state index contributed by atoms with van der Waals surface area (Å²) in [7, 11) is 0. The molecule has 0 fully saturated rings. The van der Waals surface area contributed by atoms with E-state index in [1.54, 1.807) is 36.4 Å². The summed E-state index contributed by atoms with van der Waals surface area (Å²) in [6.45, 7) is 3.85. The first-order valence-corrected chi connectivity index (χ1v) is 8.86. The van der Waals surface area contributed by atoms with Gasteiger partial charge in [0.1, 0.15) is 5.75 Å². The molecule has 1 unspecified atom stereocenters. The molecule has 0 radical (unpaired) electrons. The SMILES string of the molecule is CCC(C)NC(=O)c1cccc(NC(=O)COc2ccc(Br)cc2)c1. The average Bonchev–Trinajstić information content (AvgIpc) is 2.61. The van der Waals surface area contributed by atoms with E-state index in [4.69, 9.17) is 4.74 Å². The molecule has 132 valence electrons. The van der Waals surface area contributed by atoms with Gasteiger partial charge in [-0.25, -0.2) is 0 Å². The summed E-state index contributed by atoms with van der Waals surface area (Å²) in [5, 5.41) is 5.63. The standard InChI is InChI=1S/C19H21BrN2O3/c1-3-13(2)21-19(24)14-5-4-6-16(11-14)22-18(23)12-25-17-9-7-15(20)8-10-17/h4-11,13H,3,12H2,1-2H3,(H,21,24)(H,22,23). The number of rotatable bonds is 7. The second-order valence-electron chi connectivity index (χ2n) is 5.65. The highest BCUT2D eigenvalue weighted by atomic mass is 79.9. The van der Waals surface area contributed by atoms with E-state index >= 15 is 0 Å². The summed E-state index contributed by atoms with van der Waals surface area (Å²) in [5.74, 6) is 0.166. The Balaban J connectivity index is 1.91. The second-order valence-corrected chi connectivity index (χ2v) is 6.57. The van der Waals surface area contributed by atoms with Gasteiger partial charge in [0.25, 0.3) is 11.8 Å². The second kappa shape index (κ2) is 9.22. The Kier molecular flexibility index (Phi) is 7.01. The molecule has 1 atom stereocenters. The van der Waals surface area contributed by atoms with Crippen molar-refractivity contribution >= 4 is 33.4 Å². The van der Waals surface area contributed by atoms with E-state index in [9.17, 15) is 9.59 Å². The molecular weight excluding hydrogens is 384 g/mol. The molecule has 0 aliphatic rings. The third-order valence-electron chi connectivity index (χ3n) is 3.58. The Labute approximate surface area is 155 Å². The monoisotopic (exact) mass is 404 g/mol. The van der Waals surface area contributed by atoms with E-state index in [1.807, 2.05) is 26.0 Å². The predicted octanol–water partition coefficient (Wildman–Crippen LogP) is 3.99. The smallest absolute Gasteiger partial charge is 0.262 e. The van der Waals surface area contributed by atoms with E-state index in [0.29, 0.717) is 17.0 Å². The molecule has 25 heavy (non-hydrogen) atoms. The van der Waals surface area contributed by atoms with Gasteiger partial charge in [-0.05, 0) is 55.8 Å². The van der Waals surface area contributed by atoms with Gasteiger partial charge >= 0.3 is 0 Å². The van der Waals surface area contributed by atoms with Crippen LogP contribution in [0.2, 0.25) is 0 Å². The van der Waals surface area contributed by atoms with Gasteiger partial charge in [-0.3, -0.25) is 9.59 Å². The first-order chi connectivity index (χ1) is 12.0. The summed E-state index contributed by atoms with van der Waals surface area (Å²) in [6.07, 6.45) is 0.857. The molecule has 0 bridgehead atoms. The fourth-order valence-corrected chi connectivity index (χ4v) is 2.29. The minimum Gasteiger partial charge on any atom is -0.484 e. The van der Waals surface area contributed by atoms with Gasteiger partial charge in [-0.1, -0.05) is 28.9 Å². The van der Waals surface area contributed by atoms with Crippen molar-refractivity contribution in [3.05, 3.63) is 58.6 Å². The van der Waals surface area contributed by atoms with Gasteiger partial charge in [0.2, 0.25) is 0 Å². The summed E-state index contributed by atoms with van der Waals surface area (Å²) < 4.78 is 6.37. The molecule has 0 aliphatic heterocycles. The normalized spacial score (nSPS) is 11.5. The molecule has 2 amide bonds. The number of hydrogen-bond donors (Lipinski definition) is 2. The first kappa shape index (κ1) is 19.0. The van der Waals surface area contributed by atoms with E-state index in [-0.39, 0.29) is 24.5 Å². The number of carbonyl (C=O) groups is 2. The van der Waals surface area contributed by atoms with Crippen molar-refractivity contribution in [3.63, 3.8) is 0 Å². The van der Waals surface area contributed by atoms with Crippen LogP contribution < -0.4 is 15.4 Å². The van der Waals surface area contributed by atoms with Crippen molar-refractivity contribution in [1.29, 1.82) is 0 Å². The van der Waals surface area contributed by atoms with Gasteiger partial charge in [0.05, 0.1) is 0 Å². The van der Waals surface area contributed by atoms with E-state index in [1.165, 1.54) is 0 Å². The Morgan fingerprint density at radius 2 is 1.88 bits per heavy atom. The van der Waals surface area contributed by atoms with E-state index < -0.39 is 0 Å². The highest BCUT2D eigenvalue weighted by Crippen LogP contribution is 2.16. The third kappa shape index (κ3) is 6.23. The highest BCUT2D eigenvalue weighted by molar-refractivity contribution is 9.10. The maximum atomic E-state index is 12.1. The van der Waals surface area contributed by atoms with Crippen molar-refractivity contribution in [3.8, 4) is 5.75 Å². The van der Waals surface area contributed by atoms with Crippen LogP contribution in [0.3, 0.4) is 0 Å². The summed E-state index contributed by atoms with van der Waals surface area (Å²) in [6, 6.07) is 14.2. The number of hydrogen-bond acceptors (Lipinski definition) is 3. The summed E-state index contributed by atoms with van der Waals surface area (Å²) in [4.78, 5) is 24.1. The van der Waals surface area contributed by atoms with Crippen LogP contribution in [-0.4, -0.2) is 24.5 Å².